The van der Waals surface area contributed by atoms with E-state index < -0.39 is 0 Å². The second-order valence-electron chi connectivity index (χ2n) is 32.9. The summed E-state index contributed by atoms with van der Waals surface area (Å²) in [5.74, 6) is 0. The number of aromatic nitrogens is 7. The van der Waals surface area contributed by atoms with E-state index in [1.54, 1.807) is 0 Å². The van der Waals surface area contributed by atoms with Gasteiger partial charge in [-0.25, -0.2) is 19.9 Å². The Morgan fingerprint density at radius 2 is 0.477 bits per heavy atom. The zero-order chi connectivity index (χ0) is 84.3. The number of hydrogen-bond donors (Lipinski definition) is 0. The van der Waals surface area contributed by atoms with Crippen molar-refractivity contribution in [3.8, 4) is 89.3 Å². The molecule has 0 radical (unpaired) electrons. The van der Waals surface area contributed by atoms with Crippen LogP contribution in [0.25, 0.3) is 260 Å². The number of rotatable bonds is 8. The Morgan fingerprint density at radius 3 is 0.961 bits per heavy atom. The van der Waals surface area contributed by atoms with Gasteiger partial charge in [0.2, 0.25) is 0 Å². The van der Waals surface area contributed by atoms with Crippen LogP contribution in [-0.4, -0.2) is 34.9 Å². The Balaban J connectivity index is 0.000000107. The maximum atomic E-state index is 5.44. The quantitative estimate of drug-likeness (QED) is 0.111. The van der Waals surface area contributed by atoms with Crippen LogP contribution in [0.2, 0.25) is 0 Å². The van der Waals surface area contributed by atoms with E-state index >= 15 is 0 Å². The third kappa shape index (κ3) is 12.9. The highest BCUT2D eigenvalue weighted by molar-refractivity contribution is 7.26. The van der Waals surface area contributed by atoms with Crippen molar-refractivity contribution in [2.24, 2.45) is 0 Å². The molecule has 9 aromatic heterocycles. The molecule has 0 atom stereocenters. The van der Waals surface area contributed by atoms with Crippen LogP contribution < -0.4 is 0 Å². The maximum absolute atomic E-state index is 5.44. The summed E-state index contributed by atoms with van der Waals surface area (Å²) in [7, 11) is 0. The molecule has 0 bridgehead atoms. The highest BCUT2D eigenvalue weighted by atomic mass is 32.1. The van der Waals surface area contributed by atoms with Crippen LogP contribution in [0.4, 0.5) is 0 Å². The summed E-state index contributed by atoms with van der Waals surface area (Å²) in [5, 5.41) is 22.6. The summed E-state index contributed by atoms with van der Waals surface area (Å²) >= 11 is 3.72. The predicted octanol–water partition coefficient (Wildman–Crippen LogP) is 32.7. The second-order valence-corrected chi connectivity index (χ2v) is 35.0. The fourth-order valence-corrected chi connectivity index (χ4v) is 21.6. The fourth-order valence-electron chi connectivity index (χ4n) is 19.3. The SMILES string of the molecule is c1ccc2cc(-c3cc(-c4ccc5ccccc5c4)nc(-c4ccc(-c5c6ccccc6nc6c5ccc5cccnc56)c5ccccc45)c3)ccc2c1.c1cnc2c(c1)ccc1c(-c3ccc(-c4ccc5c(c4)sc4ccccc45)cc3)c3ccccc3nc12.c1cnc2c(c1)ccc1c(-c3ccc(-c4ccc5c(c4)sc4ccccc45)cc3)c3ccccc3nc12. The lowest BCUT2D eigenvalue weighted by molar-refractivity contribution is 1.33. The Hall–Kier alpha value is -16.4. The van der Waals surface area contributed by atoms with Crippen LogP contribution in [0.15, 0.2) is 431 Å². The molecular formula is C119H71N7S2. The Morgan fingerprint density at radius 1 is 0.156 bits per heavy atom. The first-order valence-electron chi connectivity index (χ1n) is 43.2. The minimum absolute atomic E-state index is 0.916. The first-order valence-corrected chi connectivity index (χ1v) is 44.8. The van der Waals surface area contributed by atoms with Crippen LogP contribution in [-0.2, 0) is 0 Å². The average molecular weight is 1660 g/mol. The average Bonchev–Trinajstić information content (AvgIpc) is 1.24. The number of para-hydroxylation sites is 3. The number of fused-ring (bicyclic) bond motifs is 21. The number of thiophene rings is 2. The van der Waals surface area contributed by atoms with E-state index in [0.717, 1.165) is 143 Å². The van der Waals surface area contributed by atoms with E-state index in [9.17, 15) is 0 Å². The van der Waals surface area contributed by atoms with Gasteiger partial charge in [-0.1, -0.05) is 328 Å². The Kier molecular flexibility index (Phi) is 17.9. The highest BCUT2D eigenvalue weighted by Gasteiger charge is 2.23. The summed E-state index contributed by atoms with van der Waals surface area (Å²) in [4.78, 5) is 34.9. The van der Waals surface area contributed by atoms with Crippen molar-refractivity contribution in [1.29, 1.82) is 0 Å². The molecule has 0 N–H and O–H groups in total. The third-order valence-electron chi connectivity index (χ3n) is 25.5. The molecule has 0 fully saturated rings. The highest BCUT2D eigenvalue weighted by Crippen LogP contribution is 2.47. The lowest BCUT2D eigenvalue weighted by atomic mass is 9.89. The molecule has 594 valence electrons. The van der Waals surface area contributed by atoms with Crippen LogP contribution in [0.5, 0.6) is 0 Å². The van der Waals surface area contributed by atoms with E-state index in [4.69, 9.17) is 24.9 Å². The van der Waals surface area contributed by atoms with Gasteiger partial charge in [-0.3, -0.25) is 15.0 Å². The summed E-state index contributed by atoms with van der Waals surface area (Å²) in [6.45, 7) is 0. The topological polar surface area (TPSA) is 90.2 Å². The van der Waals surface area contributed by atoms with E-state index in [1.165, 1.54) is 117 Å². The molecule has 0 saturated heterocycles. The van der Waals surface area contributed by atoms with Crippen molar-refractivity contribution in [3.05, 3.63) is 431 Å². The molecule has 0 saturated carbocycles. The van der Waals surface area contributed by atoms with E-state index in [2.05, 4.69) is 404 Å². The van der Waals surface area contributed by atoms with Gasteiger partial charge in [-0.15, -0.1) is 22.7 Å². The molecule has 0 aliphatic carbocycles. The van der Waals surface area contributed by atoms with Crippen molar-refractivity contribution >= 4 is 193 Å². The van der Waals surface area contributed by atoms with Gasteiger partial charge in [0.25, 0.3) is 0 Å². The van der Waals surface area contributed by atoms with Crippen LogP contribution in [0.3, 0.4) is 0 Å². The molecule has 9 heteroatoms. The molecule has 0 aliphatic heterocycles. The molecule has 18 aromatic carbocycles. The standard InChI is InChI=1S/C51H31N3.2C34H20N2S/c1-3-12-35-28-37(21-19-32(35)10-1)39-30-47(38-22-20-33-11-2-4-13-36(33)29-38)53-48(31-39)42-25-26-43(41-16-6-5-15-40(41)42)49-44-17-7-8-18-46(44)54-51-45(49)24-23-34-14-9-27-52-50(34)51;2*1-3-9-29-27(8-1)32(28-18-15-23-6-5-19-35-33(23)34(28)36-29)22-13-11-21(12-14-22)24-16-17-26-25-7-2-4-10-30(25)37-31(26)20-24/h1-31H;2*1-20H. The van der Waals surface area contributed by atoms with Crippen molar-refractivity contribution in [3.63, 3.8) is 0 Å². The zero-order valence-corrected chi connectivity index (χ0v) is 70.6. The van der Waals surface area contributed by atoms with Gasteiger partial charge in [-0.2, -0.15) is 0 Å². The summed E-state index contributed by atoms with van der Waals surface area (Å²) in [5.41, 5.74) is 26.9. The van der Waals surface area contributed by atoms with Gasteiger partial charge < -0.3 is 0 Å². The lowest BCUT2D eigenvalue weighted by Crippen LogP contribution is -1.95. The van der Waals surface area contributed by atoms with Crippen molar-refractivity contribution in [2.75, 3.05) is 0 Å². The van der Waals surface area contributed by atoms with E-state index in [-0.39, 0.29) is 0 Å². The zero-order valence-electron chi connectivity index (χ0n) is 68.9. The summed E-state index contributed by atoms with van der Waals surface area (Å²) < 4.78 is 5.33. The second kappa shape index (κ2) is 30.8. The van der Waals surface area contributed by atoms with Crippen LogP contribution in [0.1, 0.15) is 0 Å². The summed E-state index contributed by atoms with van der Waals surface area (Å²) in [6.07, 6.45) is 5.55. The van der Waals surface area contributed by atoms with Gasteiger partial charge in [-0.05, 0) is 167 Å². The van der Waals surface area contributed by atoms with Gasteiger partial charge in [0.1, 0.15) is 0 Å². The van der Waals surface area contributed by atoms with Crippen molar-refractivity contribution < 1.29 is 0 Å². The third-order valence-corrected chi connectivity index (χ3v) is 27.7. The minimum atomic E-state index is 0.916. The first-order chi connectivity index (χ1) is 63.4. The molecule has 128 heavy (non-hydrogen) atoms. The molecule has 0 aliphatic rings. The molecule has 27 aromatic rings. The fraction of sp³-hybridized carbons (Fsp3) is 0. The lowest BCUT2D eigenvalue weighted by Gasteiger charge is -2.17. The van der Waals surface area contributed by atoms with Gasteiger partial charge in [0.15, 0.2) is 0 Å². The molecule has 27 rings (SSSR count). The Labute approximate surface area is 743 Å². The molecular weight excluding hydrogens is 1590 g/mol. The first kappa shape index (κ1) is 74.2. The van der Waals surface area contributed by atoms with Crippen molar-refractivity contribution in [1.82, 2.24) is 34.9 Å². The smallest absolute Gasteiger partial charge is 0.0978 e. The van der Waals surface area contributed by atoms with Crippen molar-refractivity contribution in [2.45, 2.75) is 0 Å². The van der Waals surface area contributed by atoms with Crippen LogP contribution in [0, 0.1) is 0 Å². The van der Waals surface area contributed by atoms with Gasteiger partial charge >= 0.3 is 0 Å². The monoisotopic (exact) mass is 1660 g/mol. The summed E-state index contributed by atoms with van der Waals surface area (Å²) in [6, 6.07) is 148. The predicted molar refractivity (Wildman–Crippen MR) is 543 cm³/mol. The number of hydrogen-bond acceptors (Lipinski definition) is 9. The largest absolute Gasteiger partial charge is 0.254 e. The molecule has 7 nitrogen and oxygen atoms in total. The molecule has 9 heterocycles. The van der Waals surface area contributed by atoms with Gasteiger partial charge in [0, 0.05) is 135 Å². The normalized spacial score (nSPS) is 11.8. The molecule has 0 spiro atoms. The van der Waals surface area contributed by atoms with Crippen LogP contribution >= 0.6 is 22.7 Å². The maximum Gasteiger partial charge on any atom is 0.0978 e. The minimum Gasteiger partial charge on any atom is -0.254 e. The number of nitrogens with zero attached hydrogens (tertiary/aromatic N) is 7. The Bertz CT molecular complexity index is 8830. The van der Waals surface area contributed by atoms with E-state index in [0.29, 0.717) is 0 Å². The molecule has 0 unspecified atom stereocenters. The van der Waals surface area contributed by atoms with Gasteiger partial charge in [0.05, 0.1) is 61.0 Å². The molecule has 0 amide bonds. The number of pyridine rings is 7. The number of benzene rings is 18. The van der Waals surface area contributed by atoms with E-state index in [1.807, 2.05) is 59.5 Å².